The molecule has 5 nitrogen and oxygen atoms in total. The number of H-pyrrole nitrogens is 1. The Balaban J connectivity index is 1.59. The number of hydrogen-bond acceptors (Lipinski definition) is 4. The number of nitrogens with zero attached hydrogens (tertiary/aromatic N) is 2. The van der Waals surface area contributed by atoms with E-state index in [0.29, 0.717) is 11.3 Å². The van der Waals surface area contributed by atoms with Crippen molar-refractivity contribution in [2.24, 2.45) is 0 Å². The van der Waals surface area contributed by atoms with E-state index in [4.69, 9.17) is 0 Å². The highest BCUT2D eigenvalue weighted by Gasteiger charge is 2.19. The fourth-order valence-electron chi connectivity index (χ4n) is 2.93. The minimum absolute atomic E-state index is 0.0473. The monoisotopic (exact) mass is 343 g/mol. The third-order valence-corrected chi connectivity index (χ3v) is 5.12. The second kappa shape index (κ2) is 7.21. The van der Waals surface area contributed by atoms with Crippen molar-refractivity contribution in [1.29, 1.82) is 0 Å². The van der Waals surface area contributed by atoms with E-state index in [1.165, 1.54) is 11.8 Å². The molecule has 24 heavy (non-hydrogen) atoms. The molecule has 1 N–H and O–H groups in total. The molecule has 0 radical (unpaired) electrons. The van der Waals surface area contributed by atoms with Crippen molar-refractivity contribution < 1.29 is 9.59 Å². The lowest BCUT2D eigenvalue weighted by Gasteiger charge is -2.14. The van der Waals surface area contributed by atoms with Crippen molar-refractivity contribution in [2.45, 2.75) is 31.7 Å². The number of aromatic amines is 1. The summed E-state index contributed by atoms with van der Waals surface area (Å²) in [4.78, 5) is 33.9. The van der Waals surface area contributed by atoms with E-state index in [1.807, 2.05) is 30.9 Å². The van der Waals surface area contributed by atoms with Crippen LogP contribution in [-0.2, 0) is 0 Å². The van der Waals surface area contributed by atoms with Crippen LogP contribution in [0.1, 0.15) is 44.9 Å². The molecule has 6 heteroatoms. The summed E-state index contributed by atoms with van der Waals surface area (Å²) >= 11 is 1.39. The van der Waals surface area contributed by atoms with Gasteiger partial charge in [-0.1, -0.05) is 11.8 Å². The Kier molecular flexibility index (Phi) is 5.04. The minimum atomic E-state index is 0.0473. The summed E-state index contributed by atoms with van der Waals surface area (Å²) in [6.07, 6.45) is 3.76. The number of hydrogen-bond donors (Lipinski definition) is 1. The zero-order valence-electron chi connectivity index (χ0n) is 14.0. The number of carbonyl (C=O) groups is 2. The number of pyridine rings is 1. The van der Waals surface area contributed by atoms with Gasteiger partial charge in [0.15, 0.2) is 5.78 Å². The average Bonchev–Trinajstić information content (AvgIpc) is 3.22. The van der Waals surface area contributed by atoms with Crippen molar-refractivity contribution in [3.63, 3.8) is 0 Å². The quantitative estimate of drug-likeness (QED) is 0.668. The maximum atomic E-state index is 12.3. The fourth-order valence-corrected chi connectivity index (χ4v) is 3.65. The SMILES string of the molecule is Cc1cc(C(=O)CSc2ccc(C(=O)N3CCCC3)cn2)c(C)[nH]1. The molecule has 0 atom stereocenters. The Hall–Kier alpha value is -2.08. The summed E-state index contributed by atoms with van der Waals surface area (Å²) in [5.41, 5.74) is 3.24. The maximum absolute atomic E-state index is 12.3. The first-order valence-corrected chi connectivity index (χ1v) is 9.10. The predicted octanol–water partition coefficient (Wildman–Crippen LogP) is 3.24. The van der Waals surface area contributed by atoms with Gasteiger partial charge in [0.25, 0.3) is 5.91 Å². The van der Waals surface area contributed by atoms with E-state index >= 15 is 0 Å². The van der Waals surface area contributed by atoms with Gasteiger partial charge < -0.3 is 9.88 Å². The molecule has 0 aromatic carbocycles. The first kappa shape index (κ1) is 16.8. The van der Waals surface area contributed by atoms with Crippen LogP contribution in [0.4, 0.5) is 0 Å². The van der Waals surface area contributed by atoms with Gasteiger partial charge in [0.1, 0.15) is 0 Å². The number of carbonyl (C=O) groups excluding carboxylic acids is 2. The number of aryl methyl sites for hydroxylation is 2. The summed E-state index contributed by atoms with van der Waals surface area (Å²) in [6, 6.07) is 5.49. The largest absolute Gasteiger partial charge is 0.362 e. The van der Waals surface area contributed by atoms with Crippen LogP contribution in [0, 0.1) is 13.8 Å². The predicted molar refractivity (Wildman–Crippen MR) is 94.7 cm³/mol. The summed E-state index contributed by atoms with van der Waals surface area (Å²) in [7, 11) is 0. The minimum Gasteiger partial charge on any atom is -0.362 e. The van der Waals surface area contributed by atoms with E-state index in [9.17, 15) is 9.59 Å². The highest BCUT2D eigenvalue weighted by molar-refractivity contribution is 7.99. The van der Waals surface area contributed by atoms with E-state index in [2.05, 4.69) is 9.97 Å². The molecule has 0 unspecified atom stereocenters. The lowest BCUT2D eigenvalue weighted by atomic mass is 10.2. The van der Waals surface area contributed by atoms with E-state index in [1.54, 1.807) is 12.3 Å². The number of rotatable bonds is 5. The van der Waals surface area contributed by atoms with Gasteiger partial charge in [-0.15, -0.1) is 0 Å². The fraction of sp³-hybridized carbons (Fsp3) is 0.389. The van der Waals surface area contributed by atoms with Gasteiger partial charge in [0, 0.05) is 36.2 Å². The van der Waals surface area contributed by atoms with Crippen molar-refractivity contribution in [2.75, 3.05) is 18.8 Å². The van der Waals surface area contributed by atoms with Gasteiger partial charge in [-0.2, -0.15) is 0 Å². The van der Waals surface area contributed by atoms with Gasteiger partial charge in [0.2, 0.25) is 0 Å². The number of likely N-dealkylation sites (tertiary alicyclic amines) is 1. The standard InChI is InChI=1S/C18H21N3O2S/c1-12-9-15(13(2)20-12)16(22)11-24-17-6-5-14(10-19-17)18(23)21-7-3-4-8-21/h5-6,9-10,20H,3-4,7-8,11H2,1-2H3. The van der Waals surface area contributed by atoms with Gasteiger partial charge in [-0.3, -0.25) is 9.59 Å². The molecule has 126 valence electrons. The molecule has 1 aliphatic heterocycles. The van der Waals surface area contributed by atoms with E-state index in [0.717, 1.165) is 47.9 Å². The summed E-state index contributed by atoms with van der Waals surface area (Å²) < 4.78 is 0. The molecule has 0 bridgehead atoms. The maximum Gasteiger partial charge on any atom is 0.255 e. The zero-order chi connectivity index (χ0) is 17.1. The van der Waals surface area contributed by atoms with Crippen LogP contribution in [0.25, 0.3) is 0 Å². The Morgan fingerprint density at radius 3 is 2.58 bits per heavy atom. The average molecular weight is 343 g/mol. The molecule has 0 saturated carbocycles. The second-order valence-electron chi connectivity index (χ2n) is 6.09. The Bertz CT molecular complexity index is 746. The Morgan fingerprint density at radius 2 is 2.00 bits per heavy atom. The van der Waals surface area contributed by atoms with Crippen molar-refractivity contribution in [3.8, 4) is 0 Å². The normalized spacial score (nSPS) is 14.2. The van der Waals surface area contributed by atoms with E-state index < -0.39 is 0 Å². The van der Waals surface area contributed by atoms with E-state index in [-0.39, 0.29) is 11.7 Å². The molecular weight excluding hydrogens is 322 g/mol. The van der Waals surface area contributed by atoms with Crippen molar-refractivity contribution >= 4 is 23.5 Å². The highest BCUT2D eigenvalue weighted by Crippen LogP contribution is 2.20. The van der Waals surface area contributed by atoms with Crippen LogP contribution in [0.15, 0.2) is 29.4 Å². The van der Waals surface area contributed by atoms with Gasteiger partial charge >= 0.3 is 0 Å². The Labute approximate surface area is 145 Å². The van der Waals surface area contributed by atoms with Crippen molar-refractivity contribution in [1.82, 2.24) is 14.9 Å². The van der Waals surface area contributed by atoms with Crippen LogP contribution in [0.5, 0.6) is 0 Å². The summed E-state index contributed by atoms with van der Waals surface area (Å²) in [5, 5.41) is 0.756. The van der Waals surface area contributed by atoms with Crippen LogP contribution in [0.3, 0.4) is 0 Å². The smallest absolute Gasteiger partial charge is 0.255 e. The summed E-state index contributed by atoms with van der Waals surface area (Å²) in [5.74, 6) is 0.469. The van der Waals surface area contributed by atoms with Crippen molar-refractivity contribution in [3.05, 3.63) is 46.9 Å². The Morgan fingerprint density at radius 1 is 1.25 bits per heavy atom. The highest BCUT2D eigenvalue weighted by atomic mass is 32.2. The number of nitrogens with one attached hydrogen (secondary N) is 1. The van der Waals surface area contributed by atoms with Crippen LogP contribution in [-0.4, -0.2) is 45.4 Å². The molecule has 1 fully saturated rings. The number of ketones is 1. The van der Waals surface area contributed by atoms with Gasteiger partial charge in [0.05, 0.1) is 16.3 Å². The molecule has 1 amide bonds. The molecule has 1 aliphatic rings. The van der Waals surface area contributed by atoms with Crippen LogP contribution >= 0.6 is 11.8 Å². The first-order chi connectivity index (χ1) is 11.5. The molecular formula is C18H21N3O2S. The lowest BCUT2D eigenvalue weighted by Crippen LogP contribution is -2.27. The number of thioether (sulfide) groups is 1. The lowest BCUT2D eigenvalue weighted by molar-refractivity contribution is 0.0792. The number of aromatic nitrogens is 2. The van der Waals surface area contributed by atoms with Gasteiger partial charge in [-0.25, -0.2) is 4.98 Å². The molecule has 1 saturated heterocycles. The number of amides is 1. The third-order valence-electron chi connectivity index (χ3n) is 4.18. The van der Waals surface area contributed by atoms with Gasteiger partial charge in [-0.05, 0) is 44.9 Å². The topological polar surface area (TPSA) is 66.1 Å². The molecule has 3 rings (SSSR count). The first-order valence-electron chi connectivity index (χ1n) is 8.12. The molecule has 0 spiro atoms. The third kappa shape index (κ3) is 3.70. The molecule has 0 aliphatic carbocycles. The second-order valence-corrected chi connectivity index (χ2v) is 7.08. The number of Topliss-reactive ketones (excluding diaryl/α,β-unsaturated/α-hetero) is 1. The zero-order valence-corrected chi connectivity index (χ0v) is 14.8. The van der Waals surface area contributed by atoms with Crippen LogP contribution in [0.2, 0.25) is 0 Å². The molecule has 2 aromatic rings. The molecule has 3 heterocycles. The summed E-state index contributed by atoms with van der Waals surface area (Å²) in [6.45, 7) is 5.51. The van der Waals surface area contributed by atoms with Crippen LogP contribution < -0.4 is 0 Å². The molecule has 2 aromatic heterocycles.